The Morgan fingerprint density at radius 2 is 0.970 bits per heavy atom. The molecule has 0 aliphatic heterocycles. The fraction of sp³-hybridized carbons (Fsp3) is 0.219. The minimum atomic E-state index is 0.164. The molecule has 10 rings (SSSR count). The Morgan fingerprint density at radius 1 is 0.439 bits per heavy atom. The van der Waals surface area contributed by atoms with Crippen molar-refractivity contribution in [3.05, 3.63) is 228 Å². The second-order valence-corrected chi connectivity index (χ2v) is 16.3. The van der Waals surface area contributed by atoms with E-state index in [2.05, 4.69) is 215 Å². The fourth-order valence-corrected chi connectivity index (χ4v) is 8.89. The summed E-state index contributed by atoms with van der Waals surface area (Å²) in [6.45, 7) is 18.6. The first kappa shape index (κ1) is 48.8. The predicted molar refractivity (Wildman–Crippen MR) is 292 cm³/mol. The molecular formula is C64H69BO. The van der Waals surface area contributed by atoms with Crippen molar-refractivity contribution in [2.24, 2.45) is 0 Å². The lowest BCUT2D eigenvalue weighted by atomic mass is 9.37. The molecule has 2 heteroatoms. The fourth-order valence-electron chi connectivity index (χ4n) is 8.89. The van der Waals surface area contributed by atoms with Crippen LogP contribution < -0.4 is 16.4 Å². The molecule has 1 heterocycles. The third kappa shape index (κ3) is 11.6. The Morgan fingerprint density at radius 3 is 1.53 bits per heavy atom. The van der Waals surface area contributed by atoms with Crippen LogP contribution in [0.15, 0.2) is 199 Å². The molecule has 0 saturated heterocycles. The highest BCUT2D eigenvalue weighted by atomic mass is 16.3. The van der Waals surface area contributed by atoms with Gasteiger partial charge in [-0.1, -0.05) is 258 Å². The number of hydrogen-bond acceptors (Lipinski definition) is 1. The lowest BCUT2D eigenvalue weighted by Gasteiger charge is -2.18. The van der Waals surface area contributed by atoms with Crippen molar-refractivity contribution in [3.8, 4) is 33.4 Å². The van der Waals surface area contributed by atoms with Crippen molar-refractivity contribution in [1.29, 1.82) is 0 Å². The van der Waals surface area contributed by atoms with Crippen molar-refractivity contribution < 1.29 is 4.42 Å². The van der Waals surface area contributed by atoms with E-state index >= 15 is 0 Å². The summed E-state index contributed by atoms with van der Waals surface area (Å²) < 4.78 is 6.35. The average Bonchev–Trinajstić information content (AvgIpc) is 3.57. The molecule has 7 aromatic carbocycles. The number of benzene rings is 7. The van der Waals surface area contributed by atoms with Crippen LogP contribution in [0.5, 0.6) is 0 Å². The highest BCUT2D eigenvalue weighted by Gasteiger charge is 2.23. The minimum absolute atomic E-state index is 0.164. The maximum absolute atomic E-state index is 6.35. The van der Waals surface area contributed by atoms with Crippen LogP contribution in [0.4, 0.5) is 0 Å². The van der Waals surface area contributed by atoms with Gasteiger partial charge >= 0.3 is 0 Å². The van der Waals surface area contributed by atoms with Gasteiger partial charge in [0.1, 0.15) is 11.3 Å². The normalized spacial score (nSPS) is 12.3. The van der Waals surface area contributed by atoms with Gasteiger partial charge in [0.15, 0.2) is 0 Å². The standard InChI is InChI=1S/C37H31B.C21H20O.3C2H6/c1-28-12-14-31(15-13-28)34-20-26-37(27-21-34)38(35-22-16-32(17-23-35)29-8-4-2-5-9-29)36-24-18-33(19-25-36)30-10-6-3-7-11-30;1-14-8-6-7-9-16(14)20-15(2)12-13-18-17-10-4-3-5-11-19(17)22-21(18)20;3*1-2/h2,4-6,8-27H,3,7H2,1H3;3-4,6-9,12-13H,5,10-11H2,1-2H3;3*1-2H3. The minimum Gasteiger partial charge on any atom is -0.460 e. The largest absolute Gasteiger partial charge is 0.460 e. The first-order chi connectivity index (χ1) is 32.5. The van der Waals surface area contributed by atoms with Crippen molar-refractivity contribution in [1.82, 2.24) is 0 Å². The Balaban J connectivity index is 0.000000218. The molecule has 1 aromatic heterocycles. The molecule has 2 aliphatic rings. The second-order valence-electron chi connectivity index (χ2n) is 16.3. The molecule has 334 valence electrons. The van der Waals surface area contributed by atoms with E-state index in [1.54, 1.807) is 0 Å². The predicted octanol–water partition coefficient (Wildman–Crippen LogP) is 16.4. The van der Waals surface area contributed by atoms with Crippen LogP contribution in [-0.4, -0.2) is 6.71 Å². The molecule has 0 spiro atoms. The number of furan rings is 1. The summed E-state index contributed by atoms with van der Waals surface area (Å²) in [5.41, 5.74) is 20.4. The van der Waals surface area contributed by atoms with E-state index in [1.165, 1.54) is 94.3 Å². The van der Waals surface area contributed by atoms with Crippen LogP contribution in [0, 0.1) is 20.8 Å². The van der Waals surface area contributed by atoms with E-state index in [0.717, 1.165) is 37.7 Å². The Kier molecular flexibility index (Phi) is 18.2. The quantitative estimate of drug-likeness (QED) is 0.115. The van der Waals surface area contributed by atoms with E-state index in [4.69, 9.17) is 4.42 Å². The Labute approximate surface area is 397 Å². The molecule has 0 saturated carbocycles. The maximum atomic E-state index is 6.35. The van der Waals surface area contributed by atoms with Crippen LogP contribution in [0.1, 0.15) is 94.4 Å². The van der Waals surface area contributed by atoms with Gasteiger partial charge in [-0.05, 0) is 96.5 Å². The number of fused-ring (bicyclic) bond motifs is 3. The molecule has 1 nitrogen and oxygen atoms in total. The summed E-state index contributed by atoms with van der Waals surface area (Å²) in [7, 11) is 0. The van der Waals surface area contributed by atoms with Crippen molar-refractivity contribution in [2.45, 2.75) is 94.4 Å². The molecule has 66 heavy (non-hydrogen) atoms. The molecule has 0 unspecified atom stereocenters. The molecule has 0 N–H and O–H groups in total. The summed E-state index contributed by atoms with van der Waals surface area (Å²) in [4.78, 5) is 0. The molecule has 0 radical (unpaired) electrons. The van der Waals surface area contributed by atoms with E-state index in [1.807, 2.05) is 41.5 Å². The zero-order valence-corrected chi connectivity index (χ0v) is 41.0. The first-order valence-corrected chi connectivity index (χ1v) is 24.5. The Bertz CT molecular complexity index is 2820. The van der Waals surface area contributed by atoms with Gasteiger partial charge in [0.05, 0.1) is 0 Å². The van der Waals surface area contributed by atoms with Gasteiger partial charge < -0.3 is 4.42 Å². The number of rotatable bonds is 7. The van der Waals surface area contributed by atoms with Crippen molar-refractivity contribution in [3.63, 3.8) is 0 Å². The first-order valence-electron chi connectivity index (χ1n) is 24.5. The van der Waals surface area contributed by atoms with Gasteiger partial charge in [-0.15, -0.1) is 0 Å². The zero-order valence-electron chi connectivity index (χ0n) is 41.0. The molecule has 0 amide bonds. The summed E-state index contributed by atoms with van der Waals surface area (Å²) >= 11 is 0. The van der Waals surface area contributed by atoms with Gasteiger partial charge in [-0.3, -0.25) is 0 Å². The van der Waals surface area contributed by atoms with Crippen LogP contribution >= 0.6 is 0 Å². The van der Waals surface area contributed by atoms with E-state index in [-0.39, 0.29) is 6.71 Å². The number of allylic oxidation sites excluding steroid dienone is 6. The highest BCUT2D eigenvalue weighted by Crippen LogP contribution is 2.39. The smallest absolute Gasteiger partial charge is 0.241 e. The van der Waals surface area contributed by atoms with Crippen LogP contribution in [0.2, 0.25) is 0 Å². The van der Waals surface area contributed by atoms with Crippen molar-refractivity contribution in [2.75, 3.05) is 0 Å². The molecule has 8 aromatic rings. The van der Waals surface area contributed by atoms with E-state index in [0.29, 0.717) is 0 Å². The lowest BCUT2D eigenvalue weighted by Crippen LogP contribution is -2.51. The average molecular weight is 865 g/mol. The monoisotopic (exact) mass is 865 g/mol. The van der Waals surface area contributed by atoms with Gasteiger partial charge in [-0.25, -0.2) is 0 Å². The van der Waals surface area contributed by atoms with Crippen LogP contribution in [-0.2, 0) is 12.8 Å². The van der Waals surface area contributed by atoms with E-state index < -0.39 is 0 Å². The lowest BCUT2D eigenvalue weighted by molar-refractivity contribution is 0.547. The molecular weight excluding hydrogens is 796 g/mol. The molecule has 2 aliphatic carbocycles. The summed E-state index contributed by atoms with van der Waals surface area (Å²) in [5, 5.41) is 1.28. The third-order valence-corrected chi connectivity index (χ3v) is 12.2. The second kappa shape index (κ2) is 24.6. The van der Waals surface area contributed by atoms with E-state index in [9.17, 15) is 0 Å². The molecule has 0 fully saturated rings. The summed E-state index contributed by atoms with van der Waals surface area (Å²) in [6.07, 6.45) is 16.7. The van der Waals surface area contributed by atoms with Gasteiger partial charge in [-0.2, -0.15) is 0 Å². The topological polar surface area (TPSA) is 13.1 Å². The summed E-state index contributed by atoms with van der Waals surface area (Å²) in [6, 6.07) is 59.8. The van der Waals surface area contributed by atoms with Gasteiger partial charge in [0.2, 0.25) is 6.71 Å². The Hall–Kier alpha value is -6.64. The zero-order chi connectivity index (χ0) is 46.8. The maximum Gasteiger partial charge on any atom is 0.241 e. The molecule has 0 atom stereocenters. The van der Waals surface area contributed by atoms with Gasteiger partial charge in [0, 0.05) is 22.9 Å². The highest BCUT2D eigenvalue weighted by molar-refractivity contribution is 6.95. The summed E-state index contributed by atoms with van der Waals surface area (Å²) in [5.74, 6) is 1.17. The number of hydrogen-bond donors (Lipinski definition) is 0. The SMILES string of the molecule is CC.CC.CC.Cc1ccc(-c2ccc(B(c3ccc(C4=CCCC=C4)cc3)c3ccc(-c4ccccc4)cc3)cc2)cc1.Cc1ccccc1-c1c(C)ccc2c3c(oc12)CCC=CC3. The van der Waals surface area contributed by atoms with Gasteiger partial charge in [0.25, 0.3) is 0 Å². The van der Waals surface area contributed by atoms with Crippen molar-refractivity contribution >= 4 is 39.6 Å². The number of aryl methyl sites for hydroxylation is 4. The van der Waals surface area contributed by atoms with Crippen LogP contribution in [0.3, 0.4) is 0 Å². The third-order valence-electron chi connectivity index (χ3n) is 12.2. The van der Waals surface area contributed by atoms with Crippen LogP contribution in [0.25, 0.3) is 49.9 Å². The molecule has 0 bridgehead atoms.